The maximum atomic E-state index is 11.7. The summed E-state index contributed by atoms with van der Waals surface area (Å²) in [7, 11) is 0. The highest BCUT2D eigenvalue weighted by Gasteiger charge is 2.18. The number of hydrogen-bond donors (Lipinski definition) is 4. The lowest BCUT2D eigenvalue weighted by atomic mass is 10.0. The molecule has 0 saturated heterocycles. The number of nitrogens with one attached hydrogen (secondary N) is 3. The largest absolute Gasteiger partial charge is 0.481 e. The number of aliphatic carboxylic acids is 1. The molecule has 7 heteroatoms. The Balaban J connectivity index is 2.22. The van der Waals surface area contributed by atoms with E-state index in [1.807, 2.05) is 13.8 Å². The van der Waals surface area contributed by atoms with Crippen LogP contribution in [0, 0.1) is 5.92 Å². The molecule has 7 nitrogen and oxygen atoms in total. The van der Waals surface area contributed by atoms with Gasteiger partial charge in [-0.15, -0.1) is 0 Å². The van der Waals surface area contributed by atoms with E-state index in [-0.39, 0.29) is 24.4 Å². The third-order valence-electron chi connectivity index (χ3n) is 2.95. The van der Waals surface area contributed by atoms with E-state index in [2.05, 4.69) is 20.6 Å². The summed E-state index contributed by atoms with van der Waals surface area (Å²) in [5.41, 5.74) is 0. The molecule has 20 heavy (non-hydrogen) atoms. The first-order chi connectivity index (χ1) is 9.49. The summed E-state index contributed by atoms with van der Waals surface area (Å²) < 4.78 is 0. The minimum absolute atomic E-state index is 0.0694. The average Bonchev–Trinajstić information content (AvgIpc) is 2.86. The molecule has 0 aromatic carbocycles. The number of carboxylic acids is 1. The van der Waals surface area contributed by atoms with Gasteiger partial charge in [0.1, 0.15) is 5.82 Å². The van der Waals surface area contributed by atoms with Crippen molar-refractivity contribution in [3.05, 3.63) is 18.2 Å². The number of aromatic amines is 1. The lowest BCUT2D eigenvalue weighted by Crippen LogP contribution is -2.45. The predicted octanol–water partition coefficient (Wildman–Crippen LogP) is 1.14. The van der Waals surface area contributed by atoms with Crippen molar-refractivity contribution >= 4 is 12.0 Å². The molecule has 1 rings (SSSR count). The van der Waals surface area contributed by atoms with Crippen LogP contribution in [0.15, 0.2) is 12.4 Å². The summed E-state index contributed by atoms with van der Waals surface area (Å²) in [5.74, 6) is 0.0416. The second kappa shape index (κ2) is 8.19. The van der Waals surface area contributed by atoms with Gasteiger partial charge in [0.05, 0.1) is 6.42 Å². The number of nitrogens with zero attached hydrogens (tertiary/aromatic N) is 1. The Bertz CT molecular complexity index is 417. The molecule has 0 radical (unpaired) electrons. The van der Waals surface area contributed by atoms with Crippen LogP contribution in [0.4, 0.5) is 4.79 Å². The second-order valence-corrected chi connectivity index (χ2v) is 4.99. The van der Waals surface area contributed by atoms with E-state index >= 15 is 0 Å². The van der Waals surface area contributed by atoms with E-state index in [0.717, 1.165) is 18.7 Å². The van der Waals surface area contributed by atoms with Gasteiger partial charge in [-0.1, -0.05) is 13.8 Å². The summed E-state index contributed by atoms with van der Waals surface area (Å²) in [4.78, 5) is 29.4. The van der Waals surface area contributed by atoms with Crippen molar-refractivity contribution in [2.45, 2.75) is 39.2 Å². The SMILES string of the molecule is CC(C)C(CC(=O)O)NC(=O)NCCCc1ncc[nH]1. The average molecular weight is 282 g/mol. The van der Waals surface area contributed by atoms with Crippen molar-refractivity contribution < 1.29 is 14.7 Å². The quantitative estimate of drug-likeness (QED) is 0.536. The van der Waals surface area contributed by atoms with Gasteiger partial charge in [0, 0.05) is 31.4 Å². The minimum atomic E-state index is -0.915. The lowest BCUT2D eigenvalue weighted by Gasteiger charge is -2.20. The Labute approximate surface area is 118 Å². The van der Waals surface area contributed by atoms with Crippen LogP contribution in [0.5, 0.6) is 0 Å². The number of hydrogen-bond acceptors (Lipinski definition) is 3. The molecule has 0 aliphatic rings. The van der Waals surface area contributed by atoms with Crippen LogP contribution in [0.3, 0.4) is 0 Å². The molecular weight excluding hydrogens is 260 g/mol. The summed E-state index contributed by atoms with van der Waals surface area (Å²) in [6, 6.07) is -0.693. The normalized spacial score (nSPS) is 12.2. The van der Waals surface area contributed by atoms with Gasteiger partial charge in [-0.05, 0) is 12.3 Å². The number of H-pyrrole nitrogens is 1. The van der Waals surface area contributed by atoms with Crippen molar-refractivity contribution in [1.82, 2.24) is 20.6 Å². The molecule has 4 N–H and O–H groups in total. The minimum Gasteiger partial charge on any atom is -0.481 e. The molecule has 0 aliphatic carbocycles. The first-order valence-electron chi connectivity index (χ1n) is 6.73. The fourth-order valence-electron chi connectivity index (χ4n) is 1.75. The number of imidazole rings is 1. The van der Waals surface area contributed by atoms with Crippen molar-refractivity contribution in [3.63, 3.8) is 0 Å². The molecule has 0 bridgehead atoms. The Morgan fingerprint density at radius 1 is 1.45 bits per heavy atom. The Hall–Kier alpha value is -2.05. The van der Waals surface area contributed by atoms with Gasteiger partial charge in [0.25, 0.3) is 0 Å². The summed E-state index contributed by atoms with van der Waals surface area (Å²) >= 11 is 0. The second-order valence-electron chi connectivity index (χ2n) is 4.99. The molecular formula is C13H22N4O3. The number of aromatic nitrogens is 2. The van der Waals surface area contributed by atoms with Gasteiger partial charge in [0.2, 0.25) is 0 Å². The van der Waals surface area contributed by atoms with Gasteiger partial charge in [-0.3, -0.25) is 4.79 Å². The number of carboxylic acid groups (broad SMARTS) is 1. The fourth-order valence-corrected chi connectivity index (χ4v) is 1.75. The topological polar surface area (TPSA) is 107 Å². The first kappa shape index (κ1) is 16.0. The molecule has 0 saturated carbocycles. The van der Waals surface area contributed by atoms with Crippen LogP contribution in [0.2, 0.25) is 0 Å². The molecule has 1 unspecified atom stereocenters. The highest BCUT2D eigenvalue weighted by Crippen LogP contribution is 2.05. The van der Waals surface area contributed by atoms with Gasteiger partial charge < -0.3 is 20.7 Å². The van der Waals surface area contributed by atoms with Crippen LogP contribution < -0.4 is 10.6 Å². The number of carbonyl (C=O) groups is 2. The monoisotopic (exact) mass is 282 g/mol. The summed E-state index contributed by atoms with van der Waals surface area (Å²) in [5, 5.41) is 14.2. The van der Waals surface area contributed by atoms with E-state index < -0.39 is 5.97 Å². The predicted molar refractivity (Wildman–Crippen MR) is 74.3 cm³/mol. The van der Waals surface area contributed by atoms with Gasteiger partial charge >= 0.3 is 12.0 Å². The van der Waals surface area contributed by atoms with Gasteiger partial charge in [0.15, 0.2) is 0 Å². The molecule has 2 amide bonds. The number of amides is 2. The zero-order valence-corrected chi connectivity index (χ0v) is 11.8. The molecule has 1 aromatic rings. The smallest absolute Gasteiger partial charge is 0.315 e. The van der Waals surface area contributed by atoms with E-state index in [1.54, 1.807) is 12.4 Å². The van der Waals surface area contributed by atoms with Crippen molar-refractivity contribution in [2.75, 3.05) is 6.54 Å². The molecule has 1 aromatic heterocycles. The highest BCUT2D eigenvalue weighted by molar-refractivity contribution is 5.75. The lowest BCUT2D eigenvalue weighted by molar-refractivity contribution is -0.137. The van der Waals surface area contributed by atoms with Crippen molar-refractivity contribution in [2.24, 2.45) is 5.92 Å². The maximum absolute atomic E-state index is 11.7. The molecule has 0 fully saturated rings. The number of carbonyl (C=O) groups excluding carboxylic acids is 1. The molecule has 112 valence electrons. The molecule has 1 atom stereocenters. The van der Waals surface area contributed by atoms with E-state index in [1.165, 1.54) is 0 Å². The number of rotatable bonds is 8. The zero-order chi connectivity index (χ0) is 15.0. The number of urea groups is 1. The van der Waals surface area contributed by atoms with E-state index in [9.17, 15) is 9.59 Å². The standard InChI is InChI=1S/C13H22N4O3/c1-9(2)10(8-12(18)19)17-13(20)16-5-3-4-11-14-6-7-15-11/h6-7,9-10H,3-5,8H2,1-2H3,(H,14,15)(H,18,19)(H2,16,17,20). The molecule has 0 aliphatic heterocycles. The third-order valence-corrected chi connectivity index (χ3v) is 2.95. The van der Waals surface area contributed by atoms with Crippen LogP contribution in [-0.4, -0.2) is 39.7 Å². The summed E-state index contributed by atoms with van der Waals surface area (Å²) in [6.45, 7) is 4.28. The molecule has 1 heterocycles. The Kier molecular flexibility index (Phi) is 6.55. The zero-order valence-electron chi connectivity index (χ0n) is 11.8. The van der Waals surface area contributed by atoms with Crippen molar-refractivity contribution in [3.8, 4) is 0 Å². The highest BCUT2D eigenvalue weighted by atomic mass is 16.4. The number of aryl methyl sites for hydroxylation is 1. The van der Waals surface area contributed by atoms with Crippen LogP contribution >= 0.6 is 0 Å². The summed E-state index contributed by atoms with van der Waals surface area (Å²) in [6.07, 6.45) is 4.91. The van der Waals surface area contributed by atoms with Gasteiger partial charge in [-0.25, -0.2) is 9.78 Å². The molecule has 0 spiro atoms. The van der Waals surface area contributed by atoms with E-state index in [4.69, 9.17) is 5.11 Å². The fraction of sp³-hybridized carbons (Fsp3) is 0.615. The first-order valence-corrected chi connectivity index (χ1v) is 6.73. The van der Waals surface area contributed by atoms with Crippen LogP contribution in [0.25, 0.3) is 0 Å². The van der Waals surface area contributed by atoms with Crippen LogP contribution in [0.1, 0.15) is 32.5 Å². The third kappa shape index (κ3) is 6.21. The Morgan fingerprint density at radius 2 is 2.20 bits per heavy atom. The van der Waals surface area contributed by atoms with E-state index in [0.29, 0.717) is 6.54 Å². The Morgan fingerprint density at radius 3 is 2.75 bits per heavy atom. The van der Waals surface area contributed by atoms with Crippen LogP contribution in [-0.2, 0) is 11.2 Å². The van der Waals surface area contributed by atoms with Gasteiger partial charge in [-0.2, -0.15) is 0 Å². The van der Waals surface area contributed by atoms with Crippen molar-refractivity contribution in [1.29, 1.82) is 0 Å². The maximum Gasteiger partial charge on any atom is 0.315 e.